The van der Waals surface area contributed by atoms with Crippen molar-refractivity contribution in [1.82, 2.24) is 9.97 Å². The molecule has 140 valence electrons. The van der Waals surface area contributed by atoms with E-state index in [2.05, 4.69) is 74.2 Å². The number of hydrogen-bond acceptors (Lipinski definition) is 3. The summed E-state index contributed by atoms with van der Waals surface area (Å²) >= 11 is 3.86. The van der Waals surface area contributed by atoms with E-state index >= 15 is 0 Å². The fraction of sp³-hybridized carbons (Fsp3) is 0.348. The van der Waals surface area contributed by atoms with Crippen LogP contribution in [0.5, 0.6) is 0 Å². The maximum atomic E-state index is 4.58. The van der Waals surface area contributed by atoms with Gasteiger partial charge in [-0.15, -0.1) is 22.7 Å². The second kappa shape index (κ2) is 7.25. The molecule has 0 aliphatic heterocycles. The first kappa shape index (κ1) is 18.5. The van der Waals surface area contributed by atoms with Gasteiger partial charge in [0.15, 0.2) is 0 Å². The number of aromatic nitrogens is 2. The van der Waals surface area contributed by atoms with Crippen LogP contribution in [0.15, 0.2) is 35.8 Å². The topological polar surface area (TPSA) is 28.7 Å². The zero-order chi connectivity index (χ0) is 19.1. The third-order valence-electron chi connectivity index (χ3n) is 5.30. The Labute approximate surface area is 169 Å². The Hall–Kier alpha value is -1.91. The molecule has 4 rings (SSSR count). The van der Waals surface area contributed by atoms with E-state index in [1.54, 1.807) is 0 Å². The molecule has 0 radical (unpaired) electrons. The third kappa shape index (κ3) is 3.48. The van der Waals surface area contributed by atoms with Crippen LogP contribution in [0.25, 0.3) is 20.8 Å². The Morgan fingerprint density at radius 1 is 1.15 bits per heavy atom. The predicted molar refractivity (Wildman–Crippen MR) is 119 cm³/mol. The predicted octanol–water partition coefficient (Wildman–Crippen LogP) is 7.44. The first-order chi connectivity index (χ1) is 12.9. The van der Waals surface area contributed by atoms with E-state index in [1.165, 1.54) is 42.2 Å². The molecule has 3 aromatic heterocycles. The monoisotopic (exact) mass is 394 g/mol. The summed E-state index contributed by atoms with van der Waals surface area (Å²) in [5.74, 6) is 1.96. The molecule has 2 nitrogen and oxygen atoms in total. The Kier molecular flexibility index (Phi) is 4.95. The summed E-state index contributed by atoms with van der Waals surface area (Å²) in [6, 6.07) is 8.82. The number of fused-ring (bicyclic) bond motifs is 1. The Bertz CT molecular complexity index is 1080. The zero-order valence-electron chi connectivity index (χ0n) is 16.6. The summed E-state index contributed by atoms with van der Waals surface area (Å²) in [4.78, 5) is 9.58. The molecule has 4 aromatic rings. The number of aryl methyl sites for hydroxylation is 2. The van der Waals surface area contributed by atoms with E-state index in [9.17, 15) is 0 Å². The lowest BCUT2D eigenvalue weighted by molar-refractivity contribution is 0.771. The molecule has 1 aromatic carbocycles. The van der Waals surface area contributed by atoms with Gasteiger partial charge in [-0.05, 0) is 60.2 Å². The number of H-pyrrole nitrogens is 1. The lowest BCUT2D eigenvalue weighted by atomic mass is 9.95. The van der Waals surface area contributed by atoms with Crippen LogP contribution in [-0.4, -0.2) is 9.97 Å². The highest BCUT2D eigenvalue weighted by Crippen LogP contribution is 2.41. The van der Waals surface area contributed by atoms with Gasteiger partial charge in [0, 0.05) is 27.7 Å². The molecule has 0 bridgehead atoms. The lowest BCUT2D eigenvalue weighted by Crippen LogP contribution is -1.98. The molecule has 0 saturated carbocycles. The van der Waals surface area contributed by atoms with Crippen LogP contribution in [0.3, 0.4) is 0 Å². The summed E-state index contributed by atoms with van der Waals surface area (Å²) in [5, 5.41) is 3.76. The van der Waals surface area contributed by atoms with E-state index in [1.807, 2.05) is 28.9 Å². The molecule has 0 fully saturated rings. The van der Waals surface area contributed by atoms with Crippen LogP contribution < -0.4 is 0 Å². The summed E-state index contributed by atoms with van der Waals surface area (Å²) in [7, 11) is 0. The van der Waals surface area contributed by atoms with Gasteiger partial charge in [-0.25, -0.2) is 4.98 Å². The van der Waals surface area contributed by atoms with Gasteiger partial charge in [-0.2, -0.15) is 0 Å². The molecule has 0 saturated heterocycles. The van der Waals surface area contributed by atoms with Crippen LogP contribution >= 0.6 is 22.7 Å². The second-order valence-corrected chi connectivity index (χ2v) is 10.0. The average Bonchev–Trinajstić information content (AvgIpc) is 3.33. The van der Waals surface area contributed by atoms with Crippen LogP contribution in [0.2, 0.25) is 0 Å². The van der Waals surface area contributed by atoms with Crippen LogP contribution in [0.4, 0.5) is 0 Å². The van der Waals surface area contributed by atoms with Crippen molar-refractivity contribution in [3.8, 4) is 11.4 Å². The van der Waals surface area contributed by atoms with Crippen molar-refractivity contribution in [3.05, 3.63) is 63.1 Å². The Morgan fingerprint density at radius 2 is 1.96 bits per heavy atom. The first-order valence-corrected chi connectivity index (χ1v) is 11.2. The molecule has 3 heterocycles. The molecule has 1 N–H and O–H groups in total. The number of benzene rings is 1. The quantitative estimate of drug-likeness (QED) is 0.374. The molecule has 1 unspecified atom stereocenters. The fourth-order valence-corrected chi connectivity index (χ4v) is 6.38. The SMILES string of the molecule is Cc1csc2sc(C(C)Cc3cccc(-c4ncc(C(C)C)[nH]4)c3)c(C)c12. The van der Waals surface area contributed by atoms with Crippen LogP contribution in [0.1, 0.15) is 59.9 Å². The second-order valence-electron chi connectivity index (χ2n) is 7.82. The van der Waals surface area contributed by atoms with Crippen molar-refractivity contribution in [3.63, 3.8) is 0 Å². The largest absolute Gasteiger partial charge is 0.342 e. The van der Waals surface area contributed by atoms with Crippen molar-refractivity contribution in [2.24, 2.45) is 0 Å². The molecule has 0 aliphatic rings. The number of rotatable bonds is 5. The van der Waals surface area contributed by atoms with Crippen LogP contribution in [-0.2, 0) is 6.42 Å². The highest BCUT2D eigenvalue weighted by Gasteiger charge is 2.18. The molecular weight excluding hydrogens is 368 g/mol. The van der Waals surface area contributed by atoms with E-state index in [-0.39, 0.29) is 0 Å². The van der Waals surface area contributed by atoms with Crippen molar-refractivity contribution in [2.45, 2.75) is 52.9 Å². The number of imidazole rings is 1. The summed E-state index contributed by atoms with van der Waals surface area (Å²) in [6.07, 6.45) is 3.01. The van der Waals surface area contributed by atoms with Crippen molar-refractivity contribution in [1.29, 1.82) is 0 Å². The fourth-order valence-electron chi connectivity index (χ4n) is 3.78. The highest BCUT2D eigenvalue weighted by atomic mass is 32.2. The highest BCUT2D eigenvalue weighted by molar-refractivity contribution is 7.37. The first-order valence-electron chi connectivity index (χ1n) is 9.55. The van der Waals surface area contributed by atoms with E-state index < -0.39 is 0 Å². The van der Waals surface area contributed by atoms with Gasteiger partial charge >= 0.3 is 0 Å². The Balaban J connectivity index is 1.59. The van der Waals surface area contributed by atoms with Gasteiger partial charge in [-0.3, -0.25) is 0 Å². The van der Waals surface area contributed by atoms with Crippen molar-refractivity contribution < 1.29 is 0 Å². The smallest absolute Gasteiger partial charge is 0.137 e. The average molecular weight is 395 g/mol. The standard InChI is InChI=1S/C23H26N2S2/c1-13(2)19-11-24-22(25-19)18-8-6-7-17(10-18)9-14(3)21-16(5)20-15(4)12-26-23(20)27-21/h6-8,10-14H,9H2,1-5H3,(H,24,25). The molecule has 4 heteroatoms. The lowest BCUT2D eigenvalue weighted by Gasteiger charge is -2.12. The number of thiophene rings is 2. The maximum absolute atomic E-state index is 4.58. The minimum Gasteiger partial charge on any atom is -0.342 e. The summed E-state index contributed by atoms with van der Waals surface area (Å²) in [6.45, 7) is 11.2. The van der Waals surface area contributed by atoms with Crippen LogP contribution in [0, 0.1) is 13.8 Å². The minimum atomic E-state index is 0.466. The summed E-state index contributed by atoms with van der Waals surface area (Å²) in [5.41, 5.74) is 6.63. The normalized spacial score (nSPS) is 13.0. The van der Waals surface area contributed by atoms with E-state index in [4.69, 9.17) is 0 Å². The van der Waals surface area contributed by atoms with E-state index in [0.717, 1.165) is 12.2 Å². The minimum absolute atomic E-state index is 0.466. The number of nitrogens with one attached hydrogen (secondary N) is 1. The number of hydrogen-bond donors (Lipinski definition) is 1. The number of nitrogens with zero attached hydrogens (tertiary/aromatic N) is 1. The van der Waals surface area contributed by atoms with E-state index in [0.29, 0.717) is 11.8 Å². The number of aromatic amines is 1. The van der Waals surface area contributed by atoms with Gasteiger partial charge in [-0.1, -0.05) is 39.0 Å². The van der Waals surface area contributed by atoms with Gasteiger partial charge in [0.1, 0.15) is 5.82 Å². The van der Waals surface area contributed by atoms with Gasteiger partial charge in [0.2, 0.25) is 0 Å². The third-order valence-corrected chi connectivity index (χ3v) is 8.04. The van der Waals surface area contributed by atoms with Gasteiger partial charge in [0.05, 0.1) is 4.01 Å². The van der Waals surface area contributed by atoms with Crippen molar-refractivity contribution >= 4 is 32.1 Å². The molecule has 0 amide bonds. The zero-order valence-corrected chi connectivity index (χ0v) is 18.2. The Morgan fingerprint density at radius 3 is 2.67 bits per heavy atom. The maximum Gasteiger partial charge on any atom is 0.137 e. The summed E-state index contributed by atoms with van der Waals surface area (Å²) < 4.78 is 1.47. The molecule has 1 atom stereocenters. The van der Waals surface area contributed by atoms with Crippen molar-refractivity contribution in [2.75, 3.05) is 0 Å². The molecule has 0 aliphatic carbocycles. The molecule has 27 heavy (non-hydrogen) atoms. The van der Waals surface area contributed by atoms with Gasteiger partial charge in [0.25, 0.3) is 0 Å². The molecule has 0 spiro atoms. The molecular formula is C23H26N2S2. The van der Waals surface area contributed by atoms with Gasteiger partial charge < -0.3 is 4.98 Å².